The molecule has 9 rings (SSSR count). The van der Waals surface area contributed by atoms with Crippen molar-refractivity contribution in [1.82, 2.24) is 18.5 Å². The zero-order valence-corrected chi connectivity index (χ0v) is 23.6. The van der Waals surface area contributed by atoms with Gasteiger partial charge in [-0.25, -0.2) is 4.98 Å². The van der Waals surface area contributed by atoms with Crippen LogP contribution in [0.15, 0.2) is 139 Å². The van der Waals surface area contributed by atoms with Crippen molar-refractivity contribution < 1.29 is 9.30 Å². The van der Waals surface area contributed by atoms with Crippen molar-refractivity contribution in [2.45, 2.75) is 0 Å². The molecule has 4 heterocycles. The third-order valence-electron chi connectivity index (χ3n) is 7.88. The highest BCUT2D eigenvalue weighted by atomic mass is 32.1. The number of imidazole rings is 2. The van der Waals surface area contributed by atoms with E-state index in [1.807, 2.05) is 42.6 Å². The van der Waals surface area contributed by atoms with E-state index in [0.29, 0.717) is 0 Å². The Morgan fingerprint density at radius 1 is 0.698 bits per heavy atom. The molecule has 4 aromatic heterocycles. The highest BCUT2D eigenvalue weighted by molar-refractivity contribution is 7.15. The second-order valence-corrected chi connectivity index (χ2v) is 11.3. The number of hydrogen-bond acceptors (Lipinski definition) is 3. The van der Waals surface area contributed by atoms with Crippen molar-refractivity contribution >= 4 is 49.0 Å². The molecule has 7 heteroatoms. The van der Waals surface area contributed by atoms with Crippen LogP contribution < -0.4 is 9.30 Å². The third kappa shape index (κ3) is 3.79. The smallest absolute Gasteiger partial charge is 0.269 e. The van der Waals surface area contributed by atoms with Gasteiger partial charge in [-0.1, -0.05) is 66.7 Å². The van der Waals surface area contributed by atoms with Gasteiger partial charge in [-0.05, 0) is 48.5 Å². The molecule has 5 aromatic carbocycles. The van der Waals surface area contributed by atoms with Crippen LogP contribution in [0.2, 0.25) is 0 Å². The van der Waals surface area contributed by atoms with E-state index in [0.717, 1.165) is 61.1 Å². The van der Waals surface area contributed by atoms with E-state index < -0.39 is 0 Å². The second kappa shape index (κ2) is 9.44. The van der Waals surface area contributed by atoms with Crippen LogP contribution in [0.1, 0.15) is 0 Å². The minimum absolute atomic E-state index is 0.748. The lowest BCUT2D eigenvalue weighted by Crippen LogP contribution is -2.29. The van der Waals surface area contributed by atoms with Crippen LogP contribution in [-0.2, 0) is 0 Å². The Hall–Kier alpha value is -5.66. The zero-order chi connectivity index (χ0) is 28.3. The van der Waals surface area contributed by atoms with Crippen molar-refractivity contribution in [3.63, 3.8) is 0 Å². The van der Waals surface area contributed by atoms with Gasteiger partial charge in [-0.15, -0.1) is 11.3 Å². The first-order chi connectivity index (χ1) is 21.3. The molecule has 0 aliphatic rings. The Labute approximate surface area is 250 Å². The van der Waals surface area contributed by atoms with E-state index in [2.05, 4.69) is 121 Å². The van der Waals surface area contributed by atoms with E-state index in [4.69, 9.17) is 9.72 Å². The molecule has 0 aliphatic heterocycles. The van der Waals surface area contributed by atoms with Gasteiger partial charge in [0.1, 0.15) is 16.3 Å². The zero-order valence-electron chi connectivity index (χ0n) is 22.8. The first-order valence-corrected chi connectivity index (χ1v) is 14.9. The number of hydrogen-bond donors (Lipinski definition) is 0. The largest absolute Gasteiger partial charge is 0.458 e. The Morgan fingerprint density at radius 2 is 1.49 bits per heavy atom. The normalized spacial score (nSPS) is 11.7. The molecule has 0 saturated heterocycles. The molecular weight excluding hydrogens is 550 g/mol. The number of aromatic nitrogens is 5. The van der Waals surface area contributed by atoms with Gasteiger partial charge < -0.3 is 4.74 Å². The minimum atomic E-state index is 0.748. The lowest BCUT2D eigenvalue weighted by Gasteiger charge is -2.10. The molecular formula is C36H23N5OS. The number of ether oxygens (including phenoxy) is 1. The average Bonchev–Trinajstić information content (AvgIpc) is 3.83. The number of fused-ring (bicyclic) bond motifs is 5. The summed E-state index contributed by atoms with van der Waals surface area (Å²) in [5.74, 6) is 2.37. The summed E-state index contributed by atoms with van der Waals surface area (Å²) in [6.07, 6.45) is 7.55. The molecule has 43 heavy (non-hydrogen) atoms. The summed E-state index contributed by atoms with van der Waals surface area (Å²) in [6, 6.07) is 41.5. The van der Waals surface area contributed by atoms with E-state index in [1.165, 1.54) is 5.39 Å². The van der Waals surface area contributed by atoms with Crippen LogP contribution in [0.25, 0.3) is 55.0 Å². The van der Waals surface area contributed by atoms with Gasteiger partial charge in [0.15, 0.2) is 0 Å². The lowest BCUT2D eigenvalue weighted by atomic mass is 10.1. The van der Waals surface area contributed by atoms with Crippen molar-refractivity contribution in [3.05, 3.63) is 145 Å². The molecule has 0 spiro atoms. The maximum absolute atomic E-state index is 6.52. The Morgan fingerprint density at radius 3 is 2.42 bits per heavy atom. The fourth-order valence-corrected chi connectivity index (χ4v) is 6.65. The van der Waals surface area contributed by atoms with Gasteiger partial charge in [-0.2, -0.15) is 0 Å². The van der Waals surface area contributed by atoms with Crippen LogP contribution in [0.5, 0.6) is 11.5 Å². The van der Waals surface area contributed by atoms with Gasteiger partial charge in [-0.3, -0.25) is 18.1 Å². The van der Waals surface area contributed by atoms with Gasteiger partial charge in [0, 0.05) is 28.4 Å². The first-order valence-electron chi connectivity index (χ1n) is 14.0. The molecule has 204 valence electrons. The van der Waals surface area contributed by atoms with Crippen molar-refractivity contribution in [2.75, 3.05) is 0 Å². The topological polar surface area (TPSA) is 40.3 Å². The van der Waals surface area contributed by atoms with Crippen LogP contribution in [-0.4, -0.2) is 18.5 Å². The van der Waals surface area contributed by atoms with Crippen LogP contribution in [0.4, 0.5) is 0 Å². The summed E-state index contributed by atoms with van der Waals surface area (Å²) < 4.78 is 15.0. The van der Waals surface area contributed by atoms with Crippen molar-refractivity contribution in [3.8, 4) is 28.8 Å². The fourth-order valence-electron chi connectivity index (χ4n) is 5.96. The van der Waals surface area contributed by atoms with Gasteiger partial charge in [0.05, 0.1) is 39.6 Å². The highest BCUT2D eigenvalue weighted by Gasteiger charge is 2.17. The quantitative estimate of drug-likeness (QED) is 0.153. The van der Waals surface area contributed by atoms with E-state index in [1.54, 1.807) is 11.3 Å². The van der Waals surface area contributed by atoms with Gasteiger partial charge in [0.2, 0.25) is 5.95 Å². The standard InChI is InChI=1S/C36H23N5OS/c1-2-9-25(10-3-1)39-24-40(33-16-7-6-15-32(33)39)26-11-8-12-27(21-26)42-28-17-18-30-29-13-4-5-14-31(29)41(34(30)22-28)36-37-23-35-38(36)19-20-43-35/h1-23H. The monoisotopic (exact) mass is 573 g/mol. The summed E-state index contributed by atoms with van der Waals surface area (Å²) >= 11 is 1.68. The van der Waals surface area contributed by atoms with Crippen LogP contribution >= 0.6 is 11.3 Å². The molecule has 0 fully saturated rings. The van der Waals surface area contributed by atoms with Gasteiger partial charge in [0.25, 0.3) is 6.33 Å². The summed E-state index contributed by atoms with van der Waals surface area (Å²) in [5.41, 5.74) is 6.33. The SMILES string of the molecule is [c-]1n(-c2cccc(Oc3ccc4c5ccccc5n(-c5ncc6sccn56)c4c3)c2)c2ccccc2[n+]1-c1ccccc1. The highest BCUT2D eigenvalue weighted by Crippen LogP contribution is 2.36. The maximum Gasteiger partial charge on any atom is 0.269 e. The second-order valence-electron chi connectivity index (χ2n) is 10.4. The minimum Gasteiger partial charge on any atom is -0.458 e. The number of benzene rings is 5. The summed E-state index contributed by atoms with van der Waals surface area (Å²) in [7, 11) is 0. The lowest BCUT2D eigenvalue weighted by molar-refractivity contribution is -0.572. The third-order valence-corrected chi connectivity index (χ3v) is 8.68. The maximum atomic E-state index is 6.52. The predicted octanol–water partition coefficient (Wildman–Crippen LogP) is 8.31. The molecule has 0 saturated carbocycles. The van der Waals surface area contributed by atoms with Crippen LogP contribution in [0.3, 0.4) is 0 Å². The molecule has 0 aliphatic carbocycles. The van der Waals surface area contributed by atoms with Crippen LogP contribution in [0, 0.1) is 6.33 Å². The Kier molecular flexibility index (Phi) is 5.27. The molecule has 0 bridgehead atoms. The molecule has 6 nitrogen and oxygen atoms in total. The number of nitrogens with zero attached hydrogens (tertiary/aromatic N) is 5. The number of thiazole rings is 1. The molecule has 0 atom stereocenters. The first kappa shape index (κ1) is 24.0. The van der Waals surface area contributed by atoms with E-state index >= 15 is 0 Å². The van der Waals surface area contributed by atoms with Crippen molar-refractivity contribution in [2.24, 2.45) is 0 Å². The number of rotatable bonds is 5. The fraction of sp³-hybridized carbons (Fsp3) is 0. The predicted molar refractivity (Wildman–Crippen MR) is 171 cm³/mol. The molecule has 0 N–H and O–H groups in total. The average molecular weight is 574 g/mol. The number of para-hydroxylation sites is 4. The summed E-state index contributed by atoms with van der Waals surface area (Å²) in [6.45, 7) is 0. The summed E-state index contributed by atoms with van der Waals surface area (Å²) in [5, 5.41) is 4.42. The Balaban J connectivity index is 1.15. The molecule has 9 aromatic rings. The molecule has 0 amide bonds. The van der Waals surface area contributed by atoms with Gasteiger partial charge >= 0.3 is 0 Å². The van der Waals surface area contributed by atoms with Crippen molar-refractivity contribution in [1.29, 1.82) is 0 Å². The summed E-state index contributed by atoms with van der Waals surface area (Å²) in [4.78, 5) is 5.90. The van der Waals surface area contributed by atoms with E-state index in [-0.39, 0.29) is 0 Å². The molecule has 0 radical (unpaired) electrons. The molecule has 0 unspecified atom stereocenters. The Bertz CT molecular complexity index is 2450. The van der Waals surface area contributed by atoms with E-state index in [9.17, 15) is 0 Å².